The third kappa shape index (κ3) is 3.70. The monoisotopic (exact) mass is 390 g/mol. The molecule has 7 heteroatoms. The van der Waals surface area contributed by atoms with Gasteiger partial charge in [-0.3, -0.25) is 14.6 Å². The molecule has 0 saturated carbocycles. The van der Waals surface area contributed by atoms with Gasteiger partial charge in [0.25, 0.3) is 0 Å². The fraction of sp³-hybridized carbons (Fsp3) is 0.143. The van der Waals surface area contributed by atoms with Crippen LogP contribution in [0.25, 0.3) is 22.2 Å². The first-order chi connectivity index (χ1) is 13.6. The molecule has 0 saturated heterocycles. The van der Waals surface area contributed by atoms with E-state index in [2.05, 4.69) is 15.3 Å². The Morgan fingerprint density at radius 2 is 1.93 bits per heavy atom. The molecule has 4 rings (SSSR count). The van der Waals surface area contributed by atoms with Crippen molar-refractivity contribution in [2.75, 3.05) is 5.32 Å². The number of para-hydroxylation sites is 1. The number of carbonyl (C=O) groups is 2. The second-order valence-electron chi connectivity index (χ2n) is 6.38. The minimum absolute atomic E-state index is 0.0193. The molecule has 3 heterocycles. The van der Waals surface area contributed by atoms with Gasteiger partial charge < -0.3 is 9.88 Å². The van der Waals surface area contributed by atoms with Gasteiger partial charge in [-0.05, 0) is 25.1 Å². The number of Topliss-reactive ketones (excluding diaryl/α,β-unsaturated/α-hetero) is 1. The molecule has 0 atom stereocenters. The van der Waals surface area contributed by atoms with E-state index in [-0.39, 0.29) is 11.7 Å². The van der Waals surface area contributed by atoms with E-state index in [1.165, 1.54) is 11.3 Å². The number of aromatic nitrogens is 3. The topological polar surface area (TPSA) is 76.9 Å². The Balaban J connectivity index is 1.44. The molecule has 6 nitrogen and oxygen atoms in total. The average Bonchev–Trinajstić information content (AvgIpc) is 3.32. The zero-order valence-corrected chi connectivity index (χ0v) is 16.1. The van der Waals surface area contributed by atoms with Crippen LogP contribution in [0.15, 0.2) is 60.4 Å². The van der Waals surface area contributed by atoms with Crippen molar-refractivity contribution < 1.29 is 9.59 Å². The van der Waals surface area contributed by atoms with E-state index in [4.69, 9.17) is 0 Å². The van der Waals surface area contributed by atoms with Gasteiger partial charge in [0.2, 0.25) is 5.91 Å². The fourth-order valence-electron chi connectivity index (χ4n) is 3.10. The lowest BCUT2D eigenvalue weighted by Crippen LogP contribution is -2.14. The largest absolute Gasteiger partial charge is 0.346 e. The second-order valence-corrected chi connectivity index (χ2v) is 7.24. The Morgan fingerprint density at radius 3 is 2.71 bits per heavy atom. The SMILES string of the molecule is CC(=O)c1cn(CCC(=O)Nc2nc(-c3ccncc3)cs2)c2ccccc12. The summed E-state index contributed by atoms with van der Waals surface area (Å²) in [6, 6.07) is 11.5. The van der Waals surface area contributed by atoms with Crippen LogP contribution in [0, 0.1) is 0 Å². The highest BCUT2D eigenvalue weighted by Crippen LogP contribution is 2.25. The average molecular weight is 390 g/mol. The Labute approximate surface area is 165 Å². The van der Waals surface area contributed by atoms with Crippen molar-refractivity contribution in [3.05, 3.63) is 65.9 Å². The number of thiazole rings is 1. The molecule has 0 aliphatic heterocycles. The maximum atomic E-state index is 12.4. The molecular formula is C21H18N4O2S. The van der Waals surface area contributed by atoms with Crippen LogP contribution in [0.4, 0.5) is 5.13 Å². The van der Waals surface area contributed by atoms with Crippen molar-refractivity contribution in [2.24, 2.45) is 0 Å². The smallest absolute Gasteiger partial charge is 0.227 e. The third-order valence-electron chi connectivity index (χ3n) is 4.47. The van der Waals surface area contributed by atoms with Crippen LogP contribution in [0.5, 0.6) is 0 Å². The van der Waals surface area contributed by atoms with Crippen molar-refractivity contribution >= 4 is 39.1 Å². The molecule has 4 aromatic rings. The van der Waals surface area contributed by atoms with Gasteiger partial charge in [-0.25, -0.2) is 4.98 Å². The minimum atomic E-state index is -0.113. The summed E-state index contributed by atoms with van der Waals surface area (Å²) in [4.78, 5) is 32.7. The number of anilines is 1. The number of nitrogens with zero attached hydrogens (tertiary/aromatic N) is 3. The molecule has 140 valence electrons. The third-order valence-corrected chi connectivity index (χ3v) is 5.23. The number of hydrogen-bond acceptors (Lipinski definition) is 5. The van der Waals surface area contributed by atoms with E-state index in [9.17, 15) is 9.59 Å². The quantitative estimate of drug-likeness (QED) is 0.495. The van der Waals surface area contributed by atoms with Crippen LogP contribution in [-0.4, -0.2) is 26.2 Å². The maximum absolute atomic E-state index is 12.4. The van der Waals surface area contributed by atoms with Crippen molar-refractivity contribution in [3.8, 4) is 11.3 Å². The zero-order chi connectivity index (χ0) is 19.5. The van der Waals surface area contributed by atoms with E-state index >= 15 is 0 Å². The molecular weight excluding hydrogens is 372 g/mol. The number of amides is 1. The van der Waals surface area contributed by atoms with E-state index in [1.807, 2.05) is 52.5 Å². The maximum Gasteiger partial charge on any atom is 0.227 e. The van der Waals surface area contributed by atoms with Crippen molar-refractivity contribution in [1.29, 1.82) is 0 Å². The molecule has 0 unspecified atom stereocenters. The summed E-state index contributed by atoms with van der Waals surface area (Å²) in [6.07, 6.45) is 5.54. The number of aryl methyl sites for hydroxylation is 1. The van der Waals surface area contributed by atoms with Crippen LogP contribution in [-0.2, 0) is 11.3 Å². The lowest BCUT2D eigenvalue weighted by Gasteiger charge is -2.05. The molecule has 0 radical (unpaired) electrons. The number of fused-ring (bicyclic) bond motifs is 1. The molecule has 1 aromatic carbocycles. The van der Waals surface area contributed by atoms with Gasteiger partial charge in [0, 0.05) is 59.0 Å². The second kappa shape index (κ2) is 7.74. The highest BCUT2D eigenvalue weighted by Gasteiger charge is 2.13. The summed E-state index contributed by atoms with van der Waals surface area (Å²) in [7, 11) is 0. The first-order valence-electron chi connectivity index (χ1n) is 8.86. The van der Waals surface area contributed by atoms with Gasteiger partial charge in [0.15, 0.2) is 10.9 Å². The van der Waals surface area contributed by atoms with E-state index < -0.39 is 0 Å². The van der Waals surface area contributed by atoms with Crippen LogP contribution >= 0.6 is 11.3 Å². The van der Waals surface area contributed by atoms with Gasteiger partial charge in [-0.15, -0.1) is 11.3 Å². The molecule has 1 amide bonds. The Morgan fingerprint density at radius 1 is 1.14 bits per heavy atom. The number of hydrogen-bond donors (Lipinski definition) is 1. The van der Waals surface area contributed by atoms with Crippen molar-refractivity contribution in [1.82, 2.24) is 14.5 Å². The standard InChI is InChI=1S/C21H18N4O2S/c1-14(26)17-12-25(19-5-3-2-4-16(17)19)11-8-20(27)24-21-23-18(13-28-21)15-6-9-22-10-7-15/h2-7,9-10,12-13H,8,11H2,1H3,(H,23,24,27). The number of benzene rings is 1. The Kier molecular flexibility index (Phi) is 4.99. The van der Waals surface area contributed by atoms with E-state index in [0.29, 0.717) is 23.7 Å². The predicted molar refractivity (Wildman–Crippen MR) is 111 cm³/mol. The van der Waals surface area contributed by atoms with Gasteiger partial charge in [-0.1, -0.05) is 18.2 Å². The number of pyridine rings is 1. The lowest BCUT2D eigenvalue weighted by atomic mass is 10.1. The van der Waals surface area contributed by atoms with E-state index in [0.717, 1.165) is 22.2 Å². The highest BCUT2D eigenvalue weighted by molar-refractivity contribution is 7.14. The minimum Gasteiger partial charge on any atom is -0.346 e. The summed E-state index contributed by atoms with van der Waals surface area (Å²) in [6.45, 7) is 2.05. The highest BCUT2D eigenvalue weighted by atomic mass is 32.1. The van der Waals surface area contributed by atoms with Crippen LogP contribution in [0.2, 0.25) is 0 Å². The molecule has 0 fully saturated rings. The molecule has 3 aromatic heterocycles. The zero-order valence-electron chi connectivity index (χ0n) is 15.3. The van der Waals surface area contributed by atoms with Gasteiger partial charge in [-0.2, -0.15) is 0 Å². The summed E-state index contributed by atoms with van der Waals surface area (Å²) >= 11 is 1.39. The first-order valence-corrected chi connectivity index (χ1v) is 9.74. The van der Waals surface area contributed by atoms with Gasteiger partial charge >= 0.3 is 0 Å². The normalized spacial score (nSPS) is 10.9. The van der Waals surface area contributed by atoms with E-state index in [1.54, 1.807) is 19.3 Å². The number of rotatable bonds is 6. The number of nitrogens with one attached hydrogen (secondary N) is 1. The summed E-state index contributed by atoms with van der Waals surface area (Å²) in [5, 5.41) is 6.24. The number of ketones is 1. The molecule has 0 spiro atoms. The molecule has 0 aliphatic rings. The Bertz CT molecular complexity index is 1150. The summed E-state index contributed by atoms with van der Waals surface area (Å²) in [5.74, 6) is -0.0939. The molecule has 0 aliphatic carbocycles. The molecule has 1 N–H and O–H groups in total. The van der Waals surface area contributed by atoms with Gasteiger partial charge in [0.1, 0.15) is 0 Å². The number of carbonyl (C=O) groups excluding carboxylic acids is 2. The lowest BCUT2D eigenvalue weighted by molar-refractivity contribution is -0.116. The predicted octanol–water partition coefficient (Wildman–Crippen LogP) is 4.39. The van der Waals surface area contributed by atoms with Gasteiger partial charge in [0.05, 0.1) is 5.69 Å². The van der Waals surface area contributed by atoms with Crippen LogP contribution < -0.4 is 5.32 Å². The van der Waals surface area contributed by atoms with Crippen molar-refractivity contribution in [2.45, 2.75) is 19.9 Å². The summed E-state index contributed by atoms with van der Waals surface area (Å²) < 4.78 is 1.95. The molecule has 0 bridgehead atoms. The first kappa shape index (κ1) is 18.1. The van der Waals surface area contributed by atoms with Crippen LogP contribution in [0.1, 0.15) is 23.7 Å². The molecule has 28 heavy (non-hydrogen) atoms. The Hall–Kier alpha value is -3.32. The summed E-state index contributed by atoms with van der Waals surface area (Å²) in [5.41, 5.74) is 3.40. The fourth-order valence-corrected chi connectivity index (χ4v) is 3.84. The van der Waals surface area contributed by atoms with Crippen LogP contribution in [0.3, 0.4) is 0 Å². The van der Waals surface area contributed by atoms with Crippen molar-refractivity contribution in [3.63, 3.8) is 0 Å².